The number of carbonyl (C=O) groups excluding carboxylic acids is 2. The van der Waals surface area contributed by atoms with E-state index in [-0.39, 0.29) is 0 Å². The number of hydrogen-bond acceptors (Lipinski definition) is 4. The van der Waals surface area contributed by atoms with E-state index in [0.29, 0.717) is 32.0 Å². The number of carbonyl (C=O) groups is 2. The van der Waals surface area contributed by atoms with Gasteiger partial charge in [-0.1, -0.05) is 26.2 Å². The van der Waals surface area contributed by atoms with E-state index in [1.165, 1.54) is 12.8 Å². The molecule has 0 saturated heterocycles. The first-order chi connectivity index (χ1) is 9.10. The molecular formula is C15H26O4. The molecule has 1 rings (SSSR count). The Kier molecular flexibility index (Phi) is 6.32. The van der Waals surface area contributed by atoms with Gasteiger partial charge in [0.2, 0.25) is 0 Å². The van der Waals surface area contributed by atoms with Crippen molar-refractivity contribution in [3.8, 4) is 0 Å². The quantitative estimate of drug-likeness (QED) is 0.477. The standard InChI is InChI=1S/C15H26O4/c1-4-10-15(13(16)18-5-2,14(17)19-6-3)11-9-12-7-8-12/h12H,4-11H2,1-3H3. The van der Waals surface area contributed by atoms with Gasteiger partial charge in [0.1, 0.15) is 0 Å². The third-order valence-electron chi connectivity index (χ3n) is 3.69. The summed E-state index contributed by atoms with van der Waals surface area (Å²) in [7, 11) is 0. The summed E-state index contributed by atoms with van der Waals surface area (Å²) < 4.78 is 10.3. The fourth-order valence-corrected chi connectivity index (χ4v) is 2.44. The predicted octanol–water partition coefficient (Wildman–Crippen LogP) is 3.09. The van der Waals surface area contributed by atoms with Gasteiger partial charge in [0.25, 0.3) is 0 Å². The second-order valence-electron chi connectivity index (χ2n) is 5.26. The average Bonchev–Trinajstić information content (AvgIpc) is 3.19. The molecule has 0 unspecified atom stereocenters. The van der Waals surface area contributed by atoms with Crippen molar-refractivity contribution in [2.45, 2.75) is 59.3 Å². The molecule has 0 amide bonds. The van der Waals surface area contributed by atoms with Gasteiger partial charge in [-0.25, -0.2) is 0 Å². The van der Waals surface area contributed by atoms with Crippen LogP contribution in [0.15, 0.2) is 0 Å². The zero-order valence-electron chi connectivity index (χ0n) is 12.4. The summed E-state index contributed by atoms with van der Waals surface area (Å²) in [4.78, 5) is 24.6. The smallest absolute Gasteiger partial charge is 0.323 e. The van der Waals surface area contributed by atoms with Crippen LogP contribution in [0.5, 0.6) is 0 Å². The van der Waals surface area contributed by atoms with E-state index in [1.54, 1.807) is 13.8 Å². The Bertz CT molecular complexity index is 289. The number of rotatable bonds is 9. The minimum atomic E-state index is -1.08. The summed E-state index contributed by atoms with van der Waals surface area (Å²) in [5.41, 5.74) is -1.08. The van der Waals surface area contributed by atoms with Crippen LogP contribution < -0.4 is 0 Å². The van der Waals surface area contributed by atoms with Crippen molar-refractivity contribution < 1.29 is 19.1 Å². The maximum atomic E-state index is 12.3. The van der Waals surface area contributed by atoms with Crippen LogP contribution in [-0.4, -0.2) is 25.2 Å². The first-order valence-electron chi connectivity index (χ1n) is 7.45. The molecule has 110 valence electrons. The molecular weight excluding hydrogens is 244 g/mol. The zero-order chi connectivity index (χ0) is 14.3. The Balaban J connectivity index is 2.85. The van der Waals surface area contributed by atoms with E-state index >= 15 is 0 Å². The van der Waals surface area contributed by atoms with E-state index in [9.17, 15) is 9.59 Å². The van der Waals surface area contributed by atoms with Gasteiger partial charge in [-0.2, -0.15) is 0 Å². The lowest BCUT2D eigenvalue weighted by molar-refractivity contribution is -0.173. The van der Waals surface area contributed by atoms with Crippen LogP contribution in [0.1, 0.15) is 59.3 Å². The molecule has 19 heavy (non-hydrogen) atoms. The van der Waals surface area contributed by atoms with Crippen molar-refractivity contribution >= 4 is 11.9 Å². The molecule has 1 saturated carbocycles. The summed E-state index contributed by atoms with van der Waals surface area (Å²) in [5, 5.41) is 0. The lowest BCUT2D eigenvalue weighted by Gasteiger charge is -2.28. The summed E-state index contributed by atoms with van der Waals surface area (Å²) in [6.45, 7) is 6.10. The fraction of sp³-hybridized carbons (Fsp3) is 0.867. The maximum Gasteiger partial charge on any atom is 0.323 e. The highest BCUT2D eigenvalue weighted by molar-refractivity contribution is 6.00. The van der Waals surface area contributed by atoms with Crippen molar-refractivity contribution in [2.75, 3.05) is 13.2 Å². The van der Waals surface area contributed by atoms with Crippen molar-refractivity contribution in [3.05, 3.63) is 0 Å². The van der Waals surface area contributed by atoms with Gasteiger partial charge in [-0.3, -0.25) is 9.59 Å². The van der Waals surface area contributed by atoms with Gasteiger partial charge in [-0.05, 0) is 39.0 Å². The molecule has 0 aromatic heterocycles. The van der Waals surface area contributed by atoms with Crippen molar-refractivity contribution in [3.63, 3.8) is 0 Å². The summed E-state index contributed by atoms with van der Waals surface area (Å²) in [6.07, 6.45) is 5.18. The Hall–Kier alpha value is -1.06. The molecule has 4 heteroatoms. The molecule has 0 aliphatic heterocycles. The molecule has 1 fully saturated rings. The third-order valence-corrected chi connectivity index (χ3v) is 3.69. The van der Waals surface area contributed by atoms with E-state index in [2.05, 4.69) is 0 Å². The van der Waals surface area contributed by atoms with E-state index in [0.717, 1.165) is 12.8 Å². The van der Waals surface area contributed by atoms with Gasteiger partial charge >= 0.3 is 11.9 Å². The Morgan fingerprint density at radius 1 is 1.00 bits per heavy atom. The minimum absolute atomic E-state index is 0.299. The topological polar surface area (TPSA) is 52.6 Å². The van der Waals surface area contributed by atoms with Crippen LogP contribution in [0, 0.1) is 11.3 Å². The Morgan fingerprint density at radius 2 is 1.53 bits per heavy atom. The molecule has 0 aromatic carbocycles. The summed E-state index contributed by atoms with van der Waals surface area (Å²) >= 11 is 0. The van der Waals surface area contributed by atoms with Crippen LogP contribution >= 0.6 is 0 Å². The first kappa shape index (κ1) is 16.0. The molecule has 0 N–H and O–H groups in total. The normalized spacial score (nSPS) is 15.1. The van der Waals surface area contributed by atoms with Crippen molar-refractivity contribution in [1.29, 1.82) is 0 Å². The second kappa shape index (κ2) is 7.51. The lowest BCUT2D eigenvalue weighted by atomic mass is 9.78. The van der Waals surface area contributed by atoms with Crippen LogP contribution in [0.25, 0.3) is 0 Å². The minimum Gasteiger partial charge on any atom is -0.465 e. The van der Waals surface area contributed by atoms with Crippen LogP contribution in [0.3, 0.4) is 0 Å². The van der Waals surface area contributed by atoms with Gasteiger partial charge in [0, 0.05) is 0 Å². The van der Waals surface area contributed by atoms with E-state index < -0.39 is 17.4 Å². The Morgan fingerprint density at radius 3 is 1.89 bits per heavy atom. The lowest BCUT2D eigenvalue weighted by Crippen LogP contribution is -2.42. The predicted molar refractivity (Wildman–Crippen MR) is 72.6 cm³/mol. The number of ether oxygens (including phenoxy) is 2. The molecule has 4 nitrogen and oxygen atoms in total. The zero-order valence-corrected chi connectivity index (χ0v) is 12.4. The van der Waals surface area contributed by atoms with Crippen LogP contribution in [-0.2, 0) is 19.1 Å². The molecule has 0 bridgehead atoms. The first-order valence-corrected chi connectivity index (χ1v) is 7.45. The van der Waals surface area contributed by atoms with Crippen molar-refractivity contribution in [2.24, 2.45) is 11.3 Å². The molecule has 0 heterocycles. The number of hydrogen-bond donors (Lipinski definition) is 0. The molecule has 1 aliphatic rings. The maximum absolute atomic E-state index is 12.3. The highest BCUT2D eigenvalue weighted by Gasteiger charge is 2.48. The van der Waals surface area contributed by atoms with Crippen molar-refractivity contribution in [1.82, 2.24) is 0 Å². The highest BCUT2D eigenvalue weighted by atomic mass is 16.6. The molecule has 0 aromatic rings. The number of esters is 2. The molecule has 0 spiro atoms. The van der Waals surface area contributed by atoms with Gasteiger partial charge in [0.15, 0.2) is 5.41 Å². The van der Waals surface area contributed by atoms with Gasteiger partial charge in [-0.15, -0.1) is 0 Å². The van der Waals surface area contributed by atoms with E-state index in [1.807, 2.05) is 6.92 Å². The fourth-order valence-electron chi connectivity index (χ4n) is 2.44. The van der Waals surface area contributed by atoms with E-state index in [4.69, 9.17) is 9.47 Å². The molecule has 1 aliphatic carbocycles. The van der Waals surface area contributed by atoms with Gasteiger partial charge in [0.05, 0.1) is 13.2 Å². The third kappa shape index (κ3) is 4.22. The monoisotopic (exact) mass is 270 g/mol. The highest BCUT2D eigenvalue weighted by Crippen LogP contribution is 2.41. The summed E-state index contributed by atoms with van der Waals surface area (Å²) in [5.74, 6) is -0.132. The molecule has 0 atom stereocenters. The SMILES string of the molecule is CCCC(CCC1CC1)(C(=O)OCC)C(=O)OCC. The Labute approximate surface area is 115 Å². The van der Waals surface area contributed by atoms with Gasteiger partial charge < -0.3 is 9.47 Å². The summed E-state index contributed by atoms with van der Waals surface area (Å²) in [6, 6.07) is 0. The van der Waals surface area contributed by atoms with Crippen LogP contribution in [0.2, 0.25) is 0 Å². The van der Waals surface area contributed by atoms with Crippen LogP contribution in [0.4, 0.5) is 0 Å². The molecule has 0 radical (unpaired) electrons. The average molecular weight is 270 g/mol. The second-order valence-corrected chi connectivity index (χ2v) is 5.26. The largest absolute Gasteiger partial charge is 0.465 e.